The van der Waals surface area contributed by atoms with Crippen molar-refractivity contribution in [2.75, 3.05) is 4.90 Å². The van der Waals surface area contributed by atoms with E-state index in [4.69, 9.17) is 11.3 Å². The molecule has 24 heavy (non-hydrogen) atoms. The molecule has 0 aromatic carbocycles. The Morgan fingerprint density at radius 1 is 1.42 bits per heavy atom. The van der Waals surface area contributed by atoms with Crippen LogP contribution in [-0.4, -0.2) is 39.2 Å². The second-order valence-electron chi connectivity index (χ2n) is 6.90. The van der Waals surface area contributed by atoms with Crippen molar-refractivity contribution in [1.82, 2.24) is 4.98 Å². The molecule has 3 saturated heterocycles. The first-order chi connectivity index (χ1) is 11.2. The van der Waals surface area contributed by atoms with Gasteiger partial charge in [-0.3, -0.25) is 9.59 Å². The molecule has 3 aliphatic rings. The maximum Gasteiger partial charge on any atom is 0.305 e. The Kier molecular flexibility index (Phi) is 2.77. The smallest absolute Gasteiger partial charge is 0.305 e. The van der Waals surface area contributed by atoms with Crippen LogP contribution < -0.4 is 4.90 Å². The van der Waals surface area contributed by atoms with Gasteiger partial charge in [0.25, 0.3) is 0 Å². The molecule has 3 fully saturated rings. The van der Waals surface area contributed by atoms with E-state index in [1.165, 1.54) is 0 Å². The van der Waals surface area contributed by atoms with Crippen molar-refractivity contribution in [3.05, 3.63) is 29.5 Å². The minimum Gasteiger partial charge on any atom is -0.390 e. The molecule has 8 heteroatoms. The molecule has 1 N–H and O–H groups in total. The van der Waals surface area contributed by atoms with Crippen LogP contribution in [0.25, 0.3) is 4.85 Å². The van der Waals surface area contributed by atoms with E-state index in [-0.39, 0.29) is 12.1 Å². The summed E-state index contributed by atoms with van der Waals surface area (Å²) in [6, 6.07) is 0.959. The molecule has 0 spiro atoms. The molecule has 1 aromatic rings. The number of amides is 2. The van der Waals surface area contributed by atoms with Crippen LogP contribution in [0.15, 0.2) is 12.3 Å². The number of carbonyl (C=O) groups is 2. The first-order valence-electron chi connectivity index (χ1n) is 7.52. The number of aliphatic hydroxyl groups excluding tert-OH is 1. The summed E-state index contributed by atoms with van der Waals surface area (Å²) in [6.45, 7) is 10.2. The number of aliphatic hydroxyl groups is 1. The molecule has 5 atom stereocenters. The van der Waals surface area contributed by atoms with Crippen molar-refractivity contribution < 1.29 is 23.8 Å². The molecule has 1 aromatic heterocycles. The van der Waals surface area contributed by atoms with Gasteiger partial charge in [0.2, 0.25) is 11.8 Å². The van der Waals surface area contributed by atoms with Gasteiger partial charge in [-0.15, -0.1) is 4.98 Å². The summed E-state index contributed by atoms with van der Waals surface area (Å²) in [7, 11) is 0. The fraction of sp³-hybridized carbons (Fsp3) is 0.500. The average Bonchev–Trinajstić information content (AvgIpc) is 3.01. The number of pyridine rings is 1. The van der Waals surface area contributed by atoms with Gasteiger partial charge in [0.1, 0.15) is 11.8 Å². The molecule has 0 saturated carbocycles. The van der Waals surface area contributed by atoms with E-state index < -0.39 is 52.6 Å². The van der Waals surface area contributed by atoms with Crippen LogP contribution in [0, 0.1) is 24.2 Å². The Hall–Kier alpha value is -2.37. The van der Waals surface area contributed by atoms with Crippen molar-refractivity contribution in [2.45, 2.75) is 37.6 Å². The third kappa shape index (κ3) is 1.58. The number of rotatable bonds is 1. The lowest BCUT2D eigenvalue weighted by Crippen LogP contribution is -2.49. The number of imide groups is 1. The SMILES string of the molecule is [C-]#[N+]c1ncc(N2C(=O)[C@@H]3[C@H](C2=O)C2(C)C[C@H](O)C3(C)O2)cc1F. The molecule has 4 rings (SSSR count). The normalized spacial score (nSPS) is 40.1. The molecule has 3 aliphatic heterocycles. The Morgan fingerprint density at radius 3 is 2.71 bits per heavy atom. The average molecular weight is 331 g/mol. The lowest BCUT2D eigenvalue weighted by molar-refractivity contribution is -0.132. The van der Waals surface area contributed by atoms with Gasteiger partial charge < -0.3 is 14.7 Å². The second-order valence-corrected chi connectivity index (χ2v) is 6.90. The number of nitrogens with zero attached hydrogens (tertiary/aromatic N) is 3. The first-order valence-corrected chi connectivity index (χ1v) is 7.52. The van der Waals surface area contributed by atoms with Crippen LogP contribution in [0.2, 0.25) is 0 Å². The zero-order valence-electron chi connectivity index (χ0n) is 13.0. The summed E-state index contributed by atoms with van der Waals surface area (Å²) >= 11 is 0. The molecule has 2 amide bonds. The Bertz CT molecular complexity index is 837. The van der Waals surface area contributed by atoms with Crippen molar-refractivity contribution in [1.29, 1.82) is 0 Å². The summed E-state index contributed by atoms with van der Waals surface area (Å²) in [6.07, 6.45) is 0.553. The van der Waals surface area contributed by atoms with Crippen molar-refractivity contribution >= 4 is 23.3 Å². The van der Waals surface area contributed by atoms with E-state index >= 15 is 0 Å². The van der Waals surface area contributed by atoms with Gasteiger partial charge in [-0.25, -0.2) is 9.29 Å². The van der Waals surface area contributed by atoms with Crippen LogP contribution in [0.5, 0.6) is 0 Å². The first kappa shape index (κ1) is 15.2. The fourth-order valence-corrected chi connectivity index (χ4v) is 4.40. The van der Waals surface area contributed by atoms with Gasteiger partial charge in [0, 0.05) is 6.42 Å². The fourth-order valence-electron chi connectivity index (χ4n) is 4.40. The minimum absolute atomic E-state index is 0.00890. The molecule has 0 radical (unpaired) electrons. The monoisotopic (exact) mass is 331 g/mol. The van der Waals surface area contributed by atoms with Gasteiger partial charge in [-0.2, -0.15) is 0 Å². The Labute approximate surface area is 136 Å². The van der Waals surface area contributed by atoms with E-state index in [2.05, 4.69) is 9.83 Å². The summed E-state index contributed by atoms with van der Waals surface area (Å²) in [5.41, 5.74) is -2.07. The summed E-state index contributed by atoms with van der Waals surface area (Å²) in [5, 5.41) is 10.3. The molecular weight excluding hydrogens is 317 g/mol. The zero-order chi connectivity index (χ0) is 17.4. The van der Waals surface area contributed by atoms with Crippen LogP contribution in [0.1, 0.15) is 20.3 Å². The Morgan fingerprint density at radius 2 is 2.08 bits per heavy atom. The quantitative estimate of drug-likeness (QED) is 0.617. The van der Waals surface area contributed by atoms with Crippen molar-refractivity contribution in [3.8, 4) is 0 Å². The maximum atomic E-state index is 13.8. The molecule has 2 bridgehead atoms. The number of ether oxygens (including phenoxy) is 1. The number of fused-ring (bicyclic) bond motifs is 5. The van der Waals surface area contributed by atoms with Crippen LogP contribution in [0.4, 0.5) is 15.9 Å². The van der Waals surface area contributed by atoms with E-state index in [9.17, 15) is 19.1 Å². The summed E-state index contributed by atoms with van der Waals surface area (Å²) in [5.74, 6) is -3.87. The highest BCUT2D eigenvalue weighted by Gasteiger charge is 2.75. The number of halogens is 1. The zero-order valence-corrected chi connectivity index (χ0v) is 13.0. The molecule has 2 unspecified atom stereocenters. The van der Waals surface area contributed by atoms with Crippen LogP contribution in [0.3, 0.4) is 0 Å². The van der Waals surface area contributed by atoms with Crippen molar-refractivity contribution in [2.24, 2.45) is 11.8 Å². The number of hydrogen-bond donors (Lipinski definition) is 1. The molecule has 0 aliphatic carbocycles. The topological polar surface area (TPSA) is 84.1 Å². The lowest BCUT2D eigenvalue weighted by atomic mass is 9.67. The highest BCUT2D eigenvalue weighted by Crippen LogP contribution is 2.60. The predicted octanol–water partition coefficient (Wildman–Crippen LogP) is 1.19. The Balaban J connectivity index is 1.79. The number of anilines is 1. The molecule has 7 nitrogen and oxygen atoms in total. The second kappa shape index (κ2) is 4.37. The van der Waals surface area contributed by atoms with Gasteiger partial charge in [0.05, 0.1) is 29.2 Å². The molecule has 4 heterocycles. The third-order valence-electron chi connectivity index (χ3n) is 5.47. The highest BCUT2D eigenvalue weighted by molar-refractivity contribution is 6.23. The van der Waals surface area contributed by atoms with E-state index in [0.717, 1.165) is 17.2 Å². The van der Waals surface area contributed by atoms with Gasteiger partial charge >= 0.3 is 5.82 Å². The van der Waals surface area contributed by atoms with E-state index in [1.54, 1.807) is 13.8 Å². The van der Waals surface area contributed by atoms with Gasteiger partial charge in [-0.05, 0) is 19.9 Å². The third-order valence-corrected chi connectivity index (χ3v) is 5.47. The van der Waals surface area contributed by atoms with Gasteiger partial charge in [0.15, 0.2) is 5.82 Å². The predicted molar refractivity (Wildman–Crippen MR) is 78.4 cm³/mol. The minimum atomic E-state index is -1.14. The van der Waals surface area contributed by atoms with Gasteiger partial charge in [-0.1, -0.05) is 6.57 Å². The van der Waals surface area contributed by atoms with Crippen LogP contribution >= 0.6 is 0 Å². The molecule has 124 valence electrons. The summed E-state index contributed by atoms with van der Waals surface area (Å²) < 4.78 is 19.7. The van der Waals surface area contributed by atoms with E-state index in [0.29, 0.717) is 0 Å². The number of hydrogen-bond acceptors (Lipinski definition) is 5. The van der Waals surface area contributed by atoms with Crippen LogP contribution in [-0.2, 0) is 14.3 Å². The van der Waals surface area contributed by atoms with Crippen molar-refractivity contribution in [3.63, 3.8) is 0 Å². The lowest BCUT2D eigenvalue weighted by Gasteiger charge is -2.31. The largest absolute Gasteiger partial charge is 0.390 e. The highest BCUT2D eigenvalue weighted by atomic mass is 19.1. The molecular formula is C16H14FN3O4. The maximum absolute atomic E-state index is 13.8. The number of carbonyl (C=O) groups excluding carboxylic acids is 2. The standard InChI is InChI=1S/C16H14FN3O4/c1-15-5-9(21)16(2,24-15)11-10(15)13(22)20(14(11)23)7-4-8(17)12(18-3)19-6-7/h4,6,9-11,21H,5H2,1-2H3/t9-,10+,11-,15?,16?/m0/s1. The summed E-state index contributed by atoms with van der Waals surface area (Å²) in [4.78, 5) is 33.2. The van der Waals surface area contributed by atoms with E-state index in [1.807, 2.05) is 0 Å². The number of aromatic nitrogens is 1.